The Morgan fingerprint density at radius 3 is 2.48 bits per heavy atom. The highest BCUT2D eigenvalue weighted by Gasteiger charge is 2.30. The van der Waals surface area contributed by atoms with Gasteiger partial charge in [-0.1, -0.05) is 0 Å². The van der Waals surface area contributed by atoms with Gasteiger partial charge in [-0.2, -0.15) is 0 Å². The molecule has 1 atom stereocenters. The van der Waals surface area contributed by atoms with Crippen LogP contribution in [0.1, 0.15) is 33.6 Å². The van der Waals surface area contributed by atoms with Crippen LogP contribution in [-0.4, -0.2) is 62.4 Å². The SMILES string of the molecule is CCOCCOC(C)C(=O)N(CC(=O)OCC)CC1CC1. The average molecular weight is 301 g/mol. The molecule has 1 aliphatic carbocycles. The third-order valence-corrected chi connectivity index (χ3v) is 3.26. The summed E-state index contributed by atoms with van der Waals surface area (Å²) in [7, 11) is 0. The van der Waals surface area contributed by atoms with Crippen molar-refractivity contribution in [2.45, 2.75) is 39.7 Å². The van der Waals surface area contributed by atoms with E-state index in [2.05, 4.69) is 0 Å². The topological polar surface area (TPSA) is 65.1 Å². The lowest BCUT2D eigenvalue weighted by molar-refractivity contribution is -0.153. The van der Waals surface area contributed by atoms with E-state index in [1.165, 1.54) is 0 Å². The van der Waals surface area contributed by atoms with Crippen molar-refractivity contribution in [2.75, 3.05) is 39.5 Å². The molecule has 0 spiro atoms. The summed E-state index contributed by atoms with van der Waals surface area (Å²) in [5.74, 6) is -0.0153. The molecule has 1 fully saturated rings. The molecule has 21 heavy (non-hydrogen) atoms. The monoisotopic (exact) mass is 301 g/mol. The lowest BCUT2D eigenvalue weighted by atomic mass is 10.3. The van der Waals surface area contributed by atoms with Crippen LogP contribution in [0, 0.1) is 5.92 Å². The van der Waals surface area contributed by atoms with Crippen LogP contribution < -0.4 is 0 Å². The lowest BCUT2D eigenvalue weighted by Crippen LogP contribution is -2.43. The van der Waals surface area contributed by atoms with E-state index in [1.807, 2.05) is 6.92 Å². The van der Waals surface area contributed by atoms with Crippen molar-refractivity contribution in [1.82, 2.24) is 4.90 Å². The van der Waals surface area contributed by atoms with Crippen LogP contribution in [0.25, 0.3) is 0 Å². The highest BCUT2D eigenvalue weighted by Crippen LogP contribution is 2.29. The number of carbonyl (C=O) groups excluding carboxylic acids is 2. The Morgan fingerprint density at radius 1 is 1.19 bits per heavy atom. The maximum Gasteiger partial charge on any atom is 0.325 e. The molecule has 1 amide bonds. The van der Waals surface area contributed by atoms with Crippen LogP contribution in [0.15, 0.2) is 0 Å². The van der Waals surface area contributed by atoms with Crippen molar-refractivity contribution in [3.8, 4) is 0 Å². The van der Waals surface area contributed by atoms with Gasteiger partial charge < -0.3 is 19.1 Å². The van der Waals surface area contributed by atoms with Gasteiger partial charge in [0.25, 0.3) is 5.91 Å². The first kappa shape index (κ1) is 17.9. The molecule has 1 aliphatic rings. The molecular weight excluding hydrogens is 274 g/mol. The number of ether oxygens (including phenoxy) is 3. The second kappa shape index (κ2) is 9.73. The normalized spacial score (nSPS) is 15.6. The summed E-state index contributed by atoms with van der Waals surface area (Å²) in [5.41, 5.74) is 0. The van der Waals surface area contributed by atoms with Crippen LogP contribution in [0.3, 0.4) is 0 Å². The predicted molar refractivity (Wildman–Crippen MR) is 77.8 cm³/mol. The molecular formula is C15H27NO5. The van der Waals surface area contributed by atoms with Crippen LogP contribution in [0.4, 0.5) is 0 Å². The van der Waals surface area contributed by atoms with Crippen molar-refractivity contribution in [3.63, 3.8) is 0 Å². The van der Waals surface area contributed by atoms with Crippen molar-refractivity contribution < 1.29 is 23.8 Å². The molecule has 0 aliphatic heterocycles. The first-order valence-electron chi connectivity index (χ1n) is 7.72. The Bertz CT molecular complexity index is 330. The number of hydrogen-bond acceptors (Lipinski definition) is 5. The molecule has 0 saturated heterocycles. The van der Waals surface area contributed by atoms with E-state index < -0.39 is 6.10 Å². The minimum Gasteiger partial charge on any atom is -0.465 e. The van der Waals surface area contributed by atoms with Crippen molar-refractivity contribution in [3.05, 3.63) is 0 Å². The summed E-state index contributed by atoms with van der Waals surface area (Å²) < 4.78 is 15.6. The van der Waals surface area contributed by atoms with Gasteiger partial charge in [-0.05, 0) is 39.5 Å². The maximum absolute atomic E-state index is 12.4. The standard InChI is InChI=1S/C15H27NO5/c1-4-19-8-9-21-12(3)15(18)16(10-13-6-7-13)11-14(17)20-5-2/h12-13H,4-11H2,1-3H3. The minimum atomic E-state index is -0.571. The van der Waals surface area contributed by atoms with Gasteiger partial charge in [0, 0.05) is 13.2 Å². The Kier molecular flexibility index (Phi) is 8.30. The second-order valence-corrected chi connectivity index (χ2v) is 5.18. The molecule has 122 valence electrons. The molecule has 0 radical (unpaired) electrons. The smallest absolute Gasteiger partial charge is 0.325 e. The molecule has 0 aromatic heterocycles. The number of amides is 1. The summed E-state index contributed by atoms with van der Waals surface area (Å²) in [6.07, 6.45) is 1.66. The van der Waals surface area contributed by atoms with Gasteiger partial charge in [0.1, 0.15) is 12.6 Å². The number of nitrogens with zero attached hydrogens (tertiary/aromatic N) is 1. The van der Waals surface area contributed by atoms with Gasteiger partial charge >= 0.3 is 5.97 Å². The van der Waals surface area contributed by atoms with E-state index in [9.17, 15) is 9.59 Å². The molecule has 0 bridgehead atoms. The fourth-order valence-corrected chi connectivity index (χ4v) is 1.96. The Labute approximate surface area is 126 Å². The summed E-state index contributed by atoms with van der Waals surface area (Å²) in [5, 5.41) is 0. The van der Waals surface area contributed by atoms with Gasteiger partial charge in [-0.15, -0.1) is 0 Å². The Balaban J connectivity index is 2.42. The minimum absolute atomic E-state index is 0.00231. The van der Waals surface area contributed by atoms with Crippen LogP contribution in [0.2, 0.25) is 0 Å². The molecule has 1 rings (SSSR count). The average Bonchev–Trinajstić information content (AvgIpc) is 3.26. The van der Waals surface area contributed by atoms with Crippen LogP contribution in [-0.2, 0) is 23.8 Å². The fraction of sp³-hybridized carbons (Fsp3) is 0.867. The Hall–Kier alpha value is -1.14. The molecule has 0 heterocycles. The van der Waals surface area contributed by atoms with E-state index in [4.69, 9.17) is 14.2 Å². The van der Waals surface area contributed by atoms with Crippen LogP contribution >= 0.6 is 0 Å². The molecule has 0 aromatic carbocycles. The molecule has 6 nitrogen and oxygen atoms in total. The maximum atomic E-state index is 12.4. The number of hydrogen-bond donors (Lipinski definition) is 0. The number of rotatable bonds is 11. The van der Waals surface area contributed by atoms with Gasteiger partial charge in [-0.25, -0.2) is 0 Å². The zero-order valence-electron chi connectivity index (χ0n) is 13.3. The highest BCUT2D eigenvalue weighted by molar-refractivity contribution is 5.84. The van der Waals surface area contributed by atoms with E-state index in [0.29, 0.717) is 38.9 Å². The summed E-state index contributed by atoms with van der Waals surface area (Å²) in [4.78, 5) is 25.5. The zero-order valence-corrected chi connectivity index (χ0v) is 13.3. The zero-order chi connectivity index (χ0) is 15.7. The summed E-state index contributed by atoms with van der Waals surface area (Å²) in [6.45, 7) is 7.77. The quantitative estimate of drug-likeness (QED) is 0.424. The lowest BCUT2D eigenvalue weighted by Gasteiger charge is -2.25. The van der Waals surface area contributed by atoms with Gasteiger partial charge in [-0.3, -0.25) is 9.59 Å². The van der Waals surface area contributed by atoms with Gasteiger partial charge in [0.05, 0.1) is 19.8 Å². The van der Waals surface area contributed by atoms with Crippen molar-refractivity contribution in [2.24, 2.45) is 5.92 Å². The van der Waals surface area contributed by atoms with E-state index in [1.54, 1.807) is 18.7 Å². The summed E-state index contributed by atoms with van der Waals surface area (Å²) >= 11 is 0. The first-order chi connectivity index (χ1) is 10.1. The van der Waals surface area contributed by atoms with E-state index in [0.717, 1.165) is 12.8 Å². The molecule has 1 unspecified atom stereocenters. The second-order valence-electron chi connectivity index (χ2n) is 5.18. The largest absolute Gasteiger partial charge is 0.465 e. The van der Waals surface area contributed by atoms with Gasteiger partial charge in [0.2, 0.25) is 0 Å². The first-order valence-corrected chi connectivity index (χ1v) is 7.72. The van der Waals surface area contributed by atoms with E-state index in [-0.39, 0.29) is 18.4 Å². The molecule has 0 aromatic rings. The third kappa shape index (κ3) is 7.43. The van der Waals surface area contributed by atoms with E-state index >= 15 is 0 Å². The molecule has 0 N–H and O–H groups in total. The number of carbonyl (C=O) groups is 2. The Morgan fingerprint density at radius 2 is 1.90 bits per heavy atom. The van der Waals surface area contributed by atoms with Crippen molar-refractivity contribution in [1.29, 1.82) is 0 Å². The van der Waals surface area contributed by atoms with Crippen molar-refractivity contribution >= 4 is 11.9 Å². The van der Waals surface area contributed by atoms with Crippen LogP contribution in [0.5, 0.6) is 0 Å². The molecule has 1 saturated carbocycles. The third-order valence-electron chi connectivity index (χ3n) is 3.26. The summed E-state index contributed by atoms with van der Waals surface area (Å²) in [6, 6.07) is 0. The predicted octanol–water partition coefficient (Wildman–Crippen LogP) is 1.23. The highest BCUT2D eigenvalue weighted by atomic mass is 16.5. The number of esters is 1. The molecule has 6 heteroatoms. The fourth-order valence-electron chi connectivity index (χ4n) is 1.96. The van der Waals surface area contributed by atoms with Gasteiger partial charge in [0.15, 0.2) is 0 Å².